The van der Waals surface area contributed by atoms with Crippen molar-refractivity contribution in [2.75, 3.05) is 0 Å². The highest BCUT2D eigenvalue weighted by Crippen LogP contribution is 2.24. The van der Waals surface area contributed by atoms with Crippen LogP contribution in [0.3, 0.4) is 0 Å². The van der Waals surface area contributed by atoms with Crippen molar-refractivity contribution in [2.24, 2.45) is 15.0 Å². The van der Waals surface area contributed by atoms with Crippen molar-refractivity contribution in [3.8, 4) is 11.1 Å². The second kappa shape index (κ2) is 13.3. The van der Waals surface area contributed by atoms with Crippen LogP contribution in [0.4, 0.5) is 0 Å². The molecule has 0 unspecified atom stereocenters. The first-order valence-electron chi connectivity index (χ1n) is 12.4. The van der Waals surface area contributed by atoms with Gasteiger partial charge in [0.15, 0.2) is 5.84 Å². The highest BCUT2D eigenvalue weighted by atomic mass is 14.9. The largest absolute Gasteiger partial charge is 0.264 e. The predicted octanol–water partition coefficient (Wildman–Crippen LogP) is 8.30. The van der Waals surface area contributed by atoms with E-state index >= 15 is 0 Å². The molecule has 3 nitrogen and oxygen atoms in total. The first-order chi connectivity index (χ1) is 18.7. The molecule has 0 aliphatic heterocycles. The normalized spacial score (nSPS) is 12.3. The molecule has 0 aliphatic carbocycles. The van der Waals surface area contributed by atoms with Gasteiger partial charge in [-0.3, -0.25) is 4.99 Å². The van der Waals surface area contributed by atoms with Crippen LogP contribution in [0.25, 0.3) is 22.4 Å². The van der Waals surface area contributed by atoms with Gasteiger partial charge in [0.1, 0.15) is 0 Å². The van der Waals surface area contributed by atoms with Crippen LogP contribution >= 0.6 is 0 Å². The molecule has 0 aromatic heterocycles. The fraction of sp³-hybridized carbons (Fsp3) is 0.0571. The van der Waals surface area contributed by atoms with Gasteiger partial charge in [0.05, 0.1) is 5.70 Å². The Hall–Kier alpha value is -5.07. The third-order valence-corrected chi connectivity index (χ3v) is 5.89. The van der Waals surface area contributed by atoms with Gasteiger partial charge in [-0.2, -0.15) is 0 Å². The molecule has 4 aromatic rings. The number of amidine groups is 1. The van der Waals surface area contributed by atoms with Crippen molar-refractivity contribution in [3.63, 3.8) is 0 Å². The average molecular weight is 492 g/mol. The molecule has 0 spiro atoms. The van der Waals surface area contributed by atoms with Gasteiger partial charge in [-0.05, 0) is 48.5 Å². The Labute approximate surface area is 225 Å². The van der Waals surface area contributed by atoms with Crippen molar-refractivity contribution >= 4 is 30.0 Å². The molecule has 0 amide bonds. The Morgan fingerprint density at radius 3 is 2.21 bits per heavy atom. The summed E-state index contributed by atoms with van der Waals surface area (Å²) in [7, 11) is 0. The summed E-state index contributed by atoms with van der Waals surface area (Å²) in [5.74, 6) is 0.570. The lowest BCUT2D eigenvalue weighted by Crippen LogP contribution is -1.98. The lowest BCUT2D eigenvalue weighted by Gasteiger charge is -2.09. The zero-order chi connectivity index (χ0) is 26.6. The Morgan fingerprint density at radius 1 is 0.816 bits per heavy atom. The van der Waals surface area contributed by atoms with Crippen LogP contribution in [0.15, 0.2) is 137 Å². The molecule has 3 heteroatoms. The van der Waals surface area contributed by atoms with Crippen LogP contribution in [0.5, 0.6) is 0 Å². The molecule has 0 radical (unpaired) electrons. The van der Waals surface area contributed by atoms with Crippen LogP contribution in [-0.2, 0) is 6.42 Å². The standard InChI is InChI=1S/C35H29N3/c1-4-24-37-26-27(2)32-16-11-17-33(25-32)34(38-35(36-3)31-14-9-6-10-15-31)23-20-28-18-21-30(22-19-28)29-12-7-5-8-13-29/h4-18,21,23-26H,1,3,20H2,2H3/b27-26+,34-23-,37-24-,38-35-. The van der Waals surface area contributed by atoms with Crippen LogP contribution in [0.1, 0.15) is 29.2 Å². The fourth-order valence-electron chi connectivity index (χ4n) is 3.86. The van der Waals surface area contributed by atoms with Crippen LogP contribution in [-0.4, -0.2) is 18.8 Å². The summed E-state index contributed by atoms with van der Waals surface area (Å²) in [6.45, 7) is 9.48. The molecule has 0 atom stereocenters. The van der Waals surface area contributed by atoms with Crippen LogP contribution in [0, 0.1) is 12.1 Å². The number of hydrogen-bond donors (Lipinski definition) is 0. The summed E-state index contributed by atoms with van der Waals surface area (Å²) in [4.78, 5) is 13.5. The number of nitrogens with zero attached hydrogens (tertiary/aromatic N) is 3. The zero-order valence-corrected chi connectivity index (χ0v) is 21.5. The van der Waals surface area contributed by atoms with E-state index in [1.165, 1.54) is 0 Å². The summed E-state index contributed by atoms with van der Waals surface area (Å²) in [6.07, 6.45) is 7.90. The van der Waals surface area contributed by atoms with E-state index in [1.807, 2.05) is 67.7 Å². The van der Waals surface area contributed by atoms with Crippen molar-refractivity contribution < 1.29 is 0 Å². The van der Waals surface area contributed by atoms with Gasteiger partial charge in [-0.25, -0.2) is 9.98 Å². The molecular formula is C35H29N3. The van der Waals surface area contributed by atoms with Gasteiger partial charge in [0.2, 0.25) is 0 Å². The maximum atomic E-state index is 4.95. The predicted molar refractivity (Wildman–Crippen MR) is 163 cm³/mol. The molecule has 38 heavy (non-hydrogen) atoms. The summed E-state index contributed by atoms with van der Waals surface area (Å²) in [6, 6.07) is 39.1. The Kier molecular flexibility index (Phi) is 9.10. The van der Waals surface area contributed by atoms with Crippen LogP contribution in [0.2, 0.25) is 0 Å². The Bertz CT molecular complexity index is 1490. The molecule has 0 fully saturated rings. The van der Waals surface area contributed by atoms with Gasteiger partial charge >= 0.3 is 0 Å². The molecule has 0 saturated carbocycles. The van der Waals surface area contributed by atoms with Gasteiger partial charge in [0, 0.05) is 41.1 Å². The third-order valence-electron chi connectivity index (χ3n) is 5.89. The van der Waals surface area contributed by atoms with E-state index in [-0.39, 0.29) is 0 Å². The SMILES string of the molecule is C=C/C=N\C=C(/C)c1cccc(C(=C/Cc2c#cc(-c3ccccc3)cc2)/N=C(\N=C)c2ccccc2)c1. The average Bonchev–Trinajstić information content (AvgIpc) is 2.98. The van der Waals surface area contributed by atoms with Crippen molar-refractivity contribution in [3.05, 3.63) is 156 Å². The van der Waals surface area contributed by atoms with Crippen LogP contribution < -0.4 is 0 Å². The molecule has 4 rings (SSSR count). The maximum Gasteiger partial charge on any atom is 0.159 e. The highest BCUT2D eigenvalue weighted by molar-refractivity contribution is 6.04. The Balaban J connectivity index is 1.70. The first-order valence-corrected chi connectivity index (χ1v) is 12.4. The number of allylic oxidation sites excluding steroid dienone is 3. The van der Waals surface area contributed by atoms with Gasteiger partial charge < -0.3 is 0 Å². The van der Waals surface area contributed by atoms with Crippen molar-refractivity contribution in [1.29, 1.82) is 0 Å². The molecule has 0 N–H and O–H groups in total. The lowest BCUT2D eigenvalue weighted by molar-refractivity contribution is 1.26. The second-order valence-electron chi connectivity index (χ2n) is 8.57. The van der Waals surface area contributed by atoms with E-state index in [4.69, 9.17) is 4.99 Å². The summed E-state index contributed by atoms with van der Waals surface area (Å²) in [5.41, 5.74) is 7.96. The summed E-state index contributed by atoms with van der Waals surface area (Å²) >= 11 is 0. The molecule has 0 aliphatic rings. The van der Waals surface area contributed by atoms with E-state index in [0.717, 1.165) is 44.7 Å². The van der Waals surface area contributed by atoms with Gasteiger partial charge in [-0.15, -0.1) is 0 Å². The smallest absolute Gasteiger partial charge is 0.159 e. The zero-order valence-electron chi connectivity index (χ0n) is 21.5. The first kappa shape index (κ1) is 26.0. The Morgan fingerprint density at radius 2 is 1.53 bits per heavy atom. The summed E-state index contributed by atoms with van der Waals surface area (Å²) in [5, 5.41) is 0. The highest BCUT2D eigenvalue weighted by Gasteiger charge is 2.07. The summed E-state index contributed by atoms with van der Waals surface area (Å²) < 4.78 is 0. The minimum absolute atomic E-state index is 0.570. The molecule has 0 saturated heterocycles. The number of hydrogen-bond acceptors (Lipinski definition) is 2. The minimum atomic E-state index is 0.570. The molecule has 184 valence electrons. The van der Waals surface area contributed by atoms with Crippen molar-refractivity contribution in [2.45, 2.75) is 13.3 Å². The second-order valence-corrected chi connectivity index (χ2v) is 8.57. The van der Waals surface area contributed by atoms with E-state index < -0.39 is 0 Å². The van der Waals surface area contributed by atoms with Gasteiger partial charge in [0.25, 0.3) is 0 Å². The molecule has 0 bridgehead atoms. The molecule has 0 heterocycles. The number of aliphatic imine (C=N–C) groups is 3. The van der Waals surface area contributed by atoms with E-state index in [1.54, 1.807) is 12.3 Å². The fourth-order valence-corrected chi connectivity index (χ4v) is 3.86. The van der Waals surface area contributed by atoms with Gasteiger partial charge in [-0.1, -0.05) is 110 Å². The number of rotatable bonds is 9. The third kappa shape index (κ3) is 7.00. The van der Waals surface area contributed by atoms with Crippen molar-refractivity contribution in [1.82, 2.24) is 0 Å². The van der Waals surface area contributed by atoms with E-state index in [0.29, 0.717) is 12.3 Å². The monoisotopic (exact) mass is 491 g/mol. The molecule has 4 aromatic carbocycles. The molecular weight excluding hydrogens is 462 g/mol. The lowest BCUT2D eigenvalue weighted by atomic mass is 10.0. The maximum absolute atomic E-state index is 4.95. The van der Waals surface area contributed by atoms with E-state index in [2.05, 4.69) is 84.0 Å². The number of benzene rings is 3. The minimum Gasteiger partial charge on any atom is -0.264 e. The van der Waals surface area contributed by atoms with E-state index in [9.17, 15) is 0 Å². The topological polar surface area (TPSA) is 37.1 Å². The quantitative estimate of drug-likeness (QED) is 0.167.